The Morgan fingerprint density at radius 3 is 2.77 bits per heavy atom. The molecule has 0 aliphatic rings. The van der Waals surface area contributed by atoms with Crippen molar-refractivity contribution in [1.29, 1.82) is 0 Å². The summed E-state index contributed by atoms with van der Waals surface area (Å²) in [6.45, 7) is 3.78. The molecule has 2 N–H and O–H groups in total. The number of H-pyrrole nitrogens is 1. The van der Waals surface area contributed by atoms with Crippen molar-refractivity contribution in [1.82, 2.24) is 15.5 Å². The molecule has 2 aromatic heterocycles. The topological polar surface area (TPSA) is 53.9 Å². The summed E-state index contributed by atoms with van der Waals surface area (Å²) in [7, 11) is 0. The van der Waals surface area contributed by atoms with Gasteiger partial charge in [-0.25, -0.2) is 0 Å². The number of benzene rings is 1. The lowest BCUT2D eigenvalue weighted by Gasteiger charge is -2.03. The lowest BCUT2D eigenvalue weighted by atomic mass is 10.1. The summed E-state index contributed by atoms with van der Waals surface area (Å²) in [6, 6.07) is 14.2. The number of nitrogens with zero attached hydrogens (tertiary/aromatic N) is 1. The van der Waals surface area contributed by atoms with Crippen molar-refractivity contribution in [2.75, 3.05) is 6.54 Å². The average Bonchev–Trinajstić information content (AvgIpc) is 3.17. The van der Waals surface area contributed by atoms with E-state index in [2.05, 4.69) is 34.6 Å². The van der Waals surface area contributed by atoms with Crippen LogP contribution in [0.3, 0.4) is 0 Å². The third-order valence-electron chi connectivity index (χ3n) is 3.75. The molecular weight excluding hydrogens is 274 g/mol. The van der Waals surface area contributed by atoms with Crippen LogP contribution < -0.4 is 5.32 Å². The Morgan fingerprint density at radius 1 is 1.14 bits per heavy atom. The second-order valence-electron chi connectivity index (χ2n) is 5.43. The van der Waals surface area contributed by atoms with Gasteiger partial charge in [-0.1, -0.05) is 30.3 Å². The van der Waals surface area contributed by atoms with Crippen LogP contribution in [0.4, 0.5) is 0 Å². The van der Waals surface area contributed by atoms with Crippen molar-refractivity contribution >= 4 is 0 Å². The van der Waals surface area contributed by atoms with E-state index in [9.17, 15) is 0 Å². The van der Waals surface area contributed by atoms with Crippen molar-refractivity contribution in [2.45, 2.75) is 26.3 Å². The van der Waals surface area contributed by atoms with E-state index in [-0.39, 0.29) is 0 Å². The van der Waals surface area contributed by atoms with Gasteiger partial charge < -0.3 is 9.73 Å². The molecule has 0 aliphatic carbocycles. The van der Waals surface area contributed by atoms with Crippen LogP contribution in [0.2, 0.25) is 0 Å². The lowest BCUT2D eigenvalue weighted by Crippen LogP contribution is -2.14. The summed E-state index contributed by atoms with van der Waals surface area (Å²) in [6.07, 6.45) is 4.05. The highest BCUT2D eigenvalue weighted by Gasteiger charge is 2.04. The van der Waals surface area contributed by atoms with E-state index in [1.165, 1.54) is 11.3 Å². The quantitative estimate of drug-likeness (QED) is 0.653. The summed E-state index contributed by atoms with van der Waals surface area (Å²) in [5.74, 6) is 1.89. The van der Waals surface area contributed by atoms with Crippen molar-refractivity contribution in [3.05, 3.63) is 65.7 Å². The number of nitrogens with one attached hydrogen (secondary N) is 2. The van der Waals surface area contributed by atoms with Crippen molar-refractivity contribution in [3.63, 3.8) is 0 Å². The van der Waals surface area contributed by atoms with Gasteiger partial charge in [0.15, 0.2) is 0 Å². The van der Waals surface area contributed by atoms with Crippen LogP contribution in [0.5, 0.6) is 0 Å². The molecule has 0 bridgehead atoms. The minimum atomic E-state index is 0.761. The summed E-state index contributed by atoms with van der Waals surface area (Å²) >= 11 is 0. The maximum absolute atomic E-state index is 5.86. The summed E-state index contributed by atoms with van der Waals surface area (Å²) in [5, 5.41) is 10.4. The predicted molar refractivity (Wildman–Crippen MR) is 87.5 cm³/mol. The molecule has 22 heavy (non-hydrogen) atoms. The SMILES string of the molecule is Cc1[nH]ncc1CCCNCc1ccc(-c2ccccc2)o1. The van der Waals surface area contributed by atoms with E-state index in [1.54, 1.807) is 0 Å². The molecule has 0 saturated carbocycles. The van der Waals surface area contributed by atoms with E-state index in [0.717, 1.165) is 43.0 Å². The highest BCUT2D eigenvalue weighted by Crippen LogP contribution is 2.21. The fraction of sp³-hybridized carbons (Fsp3) is 0.278. The number of aromatic amines is 1. The van der Waals surface area contributed by atoms with Crippen LogP contribution in [-0.2, 0) is 13.0 Å². The average molecular weight is 295 g/mol. The molecule has 0 aliphatic heterocycles. The zero-order valence-electron chi connectivity index (χ0n) is 12.8. The minimum Gasteiger partial charge on any atom is -0.460 e. The van der Waals surface area contributed by atoms with Crippen LogP contribution in [0, 0.1) is 6.92 Å². The first-order chi connectivity index (χ1) is 10.8. The second-order valence-corrected chi connectivity index (χ2v) is 5.43. The zero-order valence-corrected chi connectivity index (χ0v) is 12.8. The van der Waals surface area contributed by atoms with Crippen LogP contribution in [0.25, 0.3) is 11.3 Å². The maximum Gasteiger partial charge on any atom is 0.134 e. The molecule has 2 heterocycles. The lowest BCUT2D eigenvalue weighted by molar-refractivity contribution is 0.491. The fourth-order valence-electron chi connectivity index (χ4n) is 2.47. The Balaban J connectivity index is 1.43. The molecular formula is C18H21N3O. The van der Waals surface area contributed by atoms with Gasteiger partial charge in [-0.05, 0) is 44.0 Å². The maximum atomic E-state index is 5.86. The molecule has 0 unspecified atom stereocenters. The Morgan fingerprint density at radius 2 is 2.00 bits per heavy atom. The smallest absolute Gasteiger partial charge is 0.134 e. The standard InChI is InChI=1S/C18H21N3O/c1-14-16(12-20-21-14)8-5-11-19-13-17-9-10-18(22-17)15-6-3-2-4-7-15/h2-4,6-7,9-10,12,19H,5,8,11,13H2,1H3,(H,20,21). The number of aryl methyl sites for hydroxylation is 2. The van der Waals surface area contributed by atoms with Crippen LogP contribution >= 0.6 is 0 Å². The molecule has 0 radical (unpaired) electrons. The van der Waals surface area contributed by atoms with Gasteiger partial charge in [0, 0.05) is 11.3 Å². The van der Waals surface area contributed by atoms with Gasteiger partial charge >= 0.3 is 0 Å². The third-order valence-corrected chi connectivity index (χ3v) is 3.75. The van der Waals surface area contributed by atoms with Crippen LogP contribution in [-0.4, -0.2) is 16.7 Å². The first-order valence-corrected chi connectivity index (χ1v) is 7.66. The molecule has 4 heteroatoms. The van der Waals surface area contributed by atoms with Crippen molar-refractivity contribution < 1.29 is 4.42 Å². The molecule has 0 spiro atoms. The molecule has 0 amide bonds. The predicted octanol–water partition coefficient (Wildman–Crippen LogP) is 3.70. The Labute approximate surface area is 130 Å². The van der Waals surface area contributed by atoms with E-state index in [1.807, 2.05) is 36.5 Å². The fourth-order valence-corrected chi connectivity index (χ4v) is 2.47. The summed E-state index contributed by atoms with van der Waals surface area (Å²) < 4.78 is 5.86. The Kier molecular flexibility index (Phi) is 4.71. The third kappa shape index (κ3) is 3.65. The summed E-state index contributed by atoms with van der Waals surface area (Å²) in [5.41, 5.74) is 3.58. The first-order valence-electron chi connectivity index (χ1n) is 7.66. The number of rotatable bonds is 7. The molecule has 4 nitrogen and oxygen atoms in total. The van der Waals surface area contributed by atoms with Gasteiger partial charge in [-0.2, -0.15) is 5.10 Å². The minimum absolute atomic E-state index is 0.761. The highest BCUT2D eigenvalue weighted by atomic mass is 16.3. The van der Waals surface area contributed by atoms with Gasteiger partial charge in [0.05, 0.1) is 12.7 Å². The van der Waals surface area contributed by atoms with E-state index >= 15 is 0 Å². The van der Waals surface area contributed by atoms with Crippen molar-refractivity contribution in [2.24, 2.45) is 0 Å². The van der Waals surface area contributed by atoms with Gasteiger partial charge in [-0.3, -0.25) is 5.10 Å². The number of hydrogen-bond acceptors (Lipinski definition) is 3. The zero-order chi connectivity index (χ0) is 15.2. The normalized spacial score (nSPS) is 11.0. The molecule has 1 aromatic carbocycles. The molecule has 3 rings (SSSR count). The largest absolute Gasteiger partial charge is 0.460 e. The second kappa shape index (κ2) is 7.09. The summed E-state index contributed by atoms with van der Waals surface area (Å²) in [4.78, 5) is 0. The molecule has 0 atom stereocenters. The molecule has 0 saturated heterocycles. The van der Waals surface area contributed by atoms with Gasteiger partial charge in [0.1, 0.15) is 11.5 Å². The first kappa shape index (κ1) is 14.6. The molecule has 3 aromatic rings. The molecule has 0 fully saturated rings. The monoisotopic (exact) mass is 295 g/mol. The van der Waals surface area contributed by atoms with Gasteiger partial charge in [0.25, 0.3) is 0 Å². The number of furan rings is 1. The van der Waals surface area contributed by atoms with Gasteiger partial charge in [0.2, 0.25) is 0 Å². The number of hydrogen-bond donors (Lipinski definition) is 2. The van der Waals surface area contributed by atoms with Crippen LogP contribution in [0.1, 0.15) is 23.4 Å². The molecule has 114 valence electrons. The van der Waals surface area contributed by atoms with E-state index in [4.69, 9.17) is 4.42 Å². The van der Waals surface area contributed by atoms with E-state index < -0.39 is 0 Å². The van der Waals surface area contributed by atoms with Gasteiger partial charge in [-0.15, -0.1) is 0 Å². The Bertz CT molecular complexity index is 700. The number of aromatic nitrogens is 2. The van der Waals surface area contributed by atoms with Crippen LogP contribution in [0.15, 0.2) is 53.1 Å². The van der Waals surface area contributed by atoms with E-state index in [0.29, 0.717) is 0 Å². The Hall–Kier alpha value is -2.33. The highest BCUT2D eigenvalue weighted by molar-refractivity contribution is 5.57. The van der Waals surface area contributed by atoms with Crippen molar-refractivity contribution in [3.8, 4) is 11.3 Å².